The van der Waals surface area contributed by atoms with Crippen LogP contribution in [0.3, 0.4) is 0 Å². The average Bonchev–Trinajstić information content (AvgIpc) is 2.99. The van der Waals surface area contributed by atoms with Crippen molar-refractivity contribution in [2.24, 2.45) is 5.92 Å². The predicted molar refractivity (Wildman–Crippen MR) is 93.6 cm³/mol. The Morgan fingerprint density at radius 3 is 3.17 bits per heavy atom. The molecule has 1 aromatic carbocycles. The number of aromatic amines is 1. The van der Waals surface area contributed by atoms with Crippen molar-refractivity contribution in [1.82, 2.24) is 19.9 Å². The van der Waals surface area contributed by atoms with E-state index in [9.17, 15) is 0 Å². The summed E-state index contributed by atoms with van der Waals surface area (Å²) in [4.78, 5) is 14.4. The molecule has 3 aromatic rings. The second-order valence-corrected chi connectivity index (χ2v) is 6.43. The quantitative estimate of drug-likeness (QED) is 0.802. The lowest BCUT2D eigenvalue weighted by atomic mass is 10.0. The van der Waals surface area contributed by atoms with Gasteiger partial charge in [-0.1, -0.05) is 12.1 Å². The Labute approximate surface area is 141 Å². The topological polar surface area (TPSA) is 54.0 Å². The normalized spacial score (nSPS) is 19.4. The van der Waals surface area contributed by atoms with Gasteiger partial charge in [0.2, 0.25) is 0 Å². The summed E-state index contributed by atoms with van der Waals surface area (Å²) in [6, 6.07) is 8.64. The summed E-state index contributed by atoms with van der Waals surface area (Å²) in [6.07, 6.45) is 8.26. The first-order valence-electron chi connectivity index (χ1n) is 8.48. The zero-order chi connectivity index (χ0) is 16.2. The summed E-state index contributed by atoms with van der Waals surface area (Å²) in [5.41, 5.74) is 3.62. The van der Waals surface area contributed by atoms with Crippen LogP contribution in [0.5, 0.6) is 0 Å². The zero-order valence-electron chi connectivity index (χ0n) is 13.7. The molecule has 2 aromatic heterocycles. The van der Waals surface area contributed by atoms with Crippen molar-refractivity contribution in [3.05, 3.63) is 60.3 Å². The van der Waals surface area contributed by atoms with Crippen LogP contribution in [0.4, 0.5) is 0 Å². The minimum Gasteiger partial charge on any atom is -0.380 e. The van der Waals surface area contributed by atoms with Gasteiger partial charge in [-0.05, 0) is 24.1 Å². The van der Waals surface area contributed by atoms with E-state index in [-0.39, 0.29) is 0 Å². The van der Waals surface area contributed by atoms with Crippen LogP contribution in [0.25, 0.3) is 10.9 Å². The standard InChI is InChI=1S/C19H22N4O/c1-2-16(18-4-5-22-19(18)3-1)13-23-8-9-24-14-15(12-23)10-17-11-20-6-7-21-17/h1-7,11,15,22H,8-10,12-14H2. The summed E-state index contributed by atoms with van der Waals surface area (Å²) in [5, 5.41) is 1.31. The van der Waals surface area contributed by atoms with Crippen molar-refractivity contribution in [2.45, 2.75) is 13.0 Å². The van der Waals surface area contributed by atoms with Gasteiger partial charge in [0.1, 0.15) is 0 Å². The highest BCUT2D eigenvalue weighted by Gasteiger charge is 2.20. The van der Waals surface area contributed by atoms with E-state index >= 15 is 0 Å². The molecule has 1 aliphatic rings. The number of fused-ring (bicyclic) bond motifs is 1. The van der Waals surface area contributed by atoms with Gasteiger partial charge in [0.05, 0.1) is 18.9 Å². The summed E-state index contributed by atoms with van der Waals surface area (Å²) in [5.74, 6) is 0.453. The van der Waals surface area contributed by atoms with E-state index in [2.05, 4.69) is 44.1 Å². The highest BCUT2D eigenvalue weighted by molar-refractivity contribution is 5.82. The lowest BCUT2D eigenvalue weighted by Crippen LogP contribution is -2.30. The zero-order valence-corrected chi connectivity index (χ0v) is 13.7. The Balaban J connectivity index is 1.47. The number of rotatable bonds is 4. The van der Waals surface area contributed by atoms with Crippen molar-refractivity contribution in [3.8, 4) is 0 Å². The van der Waals surface area contributed by atoms with E-state index in [4.69, 9.17) is 4.74 Å². The van der Waals surface area contributed by atoms with E-state index in [0.717, 1.165) is 45.0 Å². The lowest BCUT2D eigenvalue weighted by molar-refractivity contribution is 0.121. The first-order valence-corrected chi connectivity index (χ1v) is 8.48. The van der Waals surface area contributed by atoms with E-state index < -0.39 is 0 Å². The molecule has 5 heteroatoms. The molecule has 0 amide bonds. The second-order valence-electron chi connectivity index (χ2n) is 6.43. The molecule has 1 atom stereocenters. The maximum Gasteiger partial charge on any atom is 0.0593 e. The fourth-order valence-electron chi connectivity index (χ4n) is 3.48. The molecule has 1 N–H and O–H groups in total. The fourth-order valence-corrected chi connectivity index (χ4v) is 3.48. The molecule has 3 heterocycles. The van der Waals surface area contributed by atoms with Gasteiger partial charge in [0, 0.05) is 61.2 Å². The van der Waals surface area contributed by atoms with Crippen molar-refractivity contribution >= 4 is 10.9 Å². The molecule has 0 radical (unpaired) electrons. The van der Waals surface area contributed by atoms with Crippen LogP contribution in [-0.4, -0.2) is 46.2 Å². The third kappa shape index (κ3) is 3.47. The van der Waals surface area contributed by atoms with Gasteiger partial charge in [0.15, 0.2) is 0 Å². The molecular formula is C19H22N4O. The Bertz CT molecular complexity index is 786. The Morgan fingerprint density at radius 1 is 1.25 bits per heavy atom. The van der Waals surface area contributed by atoms with Crippen molar-refractivity contribution < 1.29 is 4.74 Å². The van der Waals surface area contributed by atoms with E-state index in [0.29, 0.717) is 5.92 Å². The lowest BCUT2D eigenvalue weighted by Gasteiger charge is -2.23. The van der Waals surface area contributed by atoms with Gasteiger partial charge in [-0.3, -0.25) is 14.9 Å². The molecule has 0 bridgehead atoms. The summed E-state index contributed by atoms with van der Waals surface area (Å²) in [6.45, 7) is 4.53. The van der Waals surface area contributed by atoms with Gasteiger partial charge >= 0.3 is 0 Å². The van der Waals surface area contributed by atoms with E-state index in [1.165, 1.54) is 16.5 Å². The molecule has 24 heavy (non-hydrogen) atoms. The number of H-pyrrole nitrogens is 1. The number of nitrogens with zero attached hydrogens (tertiary/aromatic N) is 3. The monoisotopic (exact) mass is 322 g/mol. The highest BCUT2D eigenvalue weighted by atomic mass is 16.5. The van der Waals surface area contributed by atoms with Gasteiger partial charge in [-0.15, -0.1) is 0 Å². The molecule has 1 aliphatic heterocycles. The molecule has 0 aliphatic carbocycles. The second kappa shape index (κ2) is 7.11. The number of nitrogens with one attached hydrogen (secondary N) is 1. The van der Waals surface area contributed by atoms with Crippen LogP contribution in [-0.2, 0) is 17.7 Å². The Kier molecular flexibility index (Phi) is 4.53. The number of aromatic nitrogens is 3. The molecule has 0 spiro atoms. The maximum atomic E-state index is 5.82. The van der Waals surface area contributed by atoms with Gasteiger partial charge < -0.3 is 9.72 Å². The van der Waals surface area contributed by atoms with E-state index in [1.54, 1.807) is 12.4 Å². The van der Waals surface area contributed by atoms with Gasteiger partial charge in [-0.25, -0.2) is 0 Å². The molecule has 1 fully saturated rings. The third-order valence-corrected chi connectivity index (χ3v) is 4.62. The summed E-state index contributed by atoms with van der Waals surface area (Å²) < 4.78 is 5.82. The summed E-state index contributed by atoms with van der Waals surface area (Å²) in [7, 11) is 0. The molecular weight excluding hydrogens is 300 g/mol. The minimum atomic E-state index is 0.453. The minimum absolute atomic E-state index is 0.453. The smallest absolute Gasteiger partial charge is 0.0593 e. The number of hydrogen-bond acceptors (Lipinski definition) is 4. The Hall–Kier alpha value is -2.24. The Morgan fingerprint density at radius 2 is 2.25 bits per heavy atom. The maximum absolute atomic E-state index is 5.82. The SMILES string of the molecule is c1cc(CN2CCOCC(Cc3cnccn3)C2)c2cc[nH]c2c1. The van der Waals surface area contributed by atoms with Crippen LogP contribution in [0.15, 0.2) is 49.1 Å². The first kappa shape index (κ1) is 15.3. The van der Waals surface area contributed by atoms with E-state index in [1.807, 2.05) is 12.4 Å². The number of hydrogen-bond donors (Lipinski definition) is 1. The number of ether oxygens (including phenoxy) is 1. The largest absolute Gasteiger partial charge is 0.380 e. The van der Waals surface area contributed by atoms with Crippen LogP contribution in [0, 0.1) is 5.92 Å². The highest BCUT2D eigenvalue weighted by Crippen LogP contribution is 2.21. The van der Waals surface area contributed by atoms with Crippen LogP contribution in [0.1, 0.15) is 11.3 Å². The van der Waals surface area contributed by atoms with Crippen molar-refractivity contribution in [2.75, 3.05) is 26.3 Å². The van der Waals surface area contributed by atoms with Crippen molar-refractivity contribution in [3.63, 3.8) is 0 Å². The average molecular weight is 322 g/mol. The molecule has 124 valence electrons. The molecule has 5 nitrogen and oxygen atoms in total. The first-order chi connectivity index (χ1) is 11.9. The third-order valence-electron chi connectivity index (χ3n) is 4.62. The number of benzene rings is 1. The van der Waals surface area contributed by atoms with Crippen LogP contribution in [0.2, 0.25) is 0 Å². The summed E-state index contributed by atoms with van der Waals surface area (Å²) >= 11 is 0. The van der Waals surface area contributed by atoms with Gasteiger partial charge in [-0.2, -0.15) is 0 Å². The molecule has 0 saturated carbocycles. The predicted octanol–water partition coefficient (Wildman–Crippen LogP) is 2.65. The van der Waals surface area contributed by atoms with Crippen LogP contribution >= 0.6 is 0 Å². The molecule has 1 unspecified atom stereocenters. The van der Waals surface area contributed by atoms with Crippen molar-refractivity contribution in [1.29, 1.82) is 0 Å². The fraction of sp³-hybridized carbons (Fsp3) is 0.368. The molecule has 1 saturated heterocycles. The van der Waals surface area contributed by atoms with Gasteiger partial charge in [0.25, 0.3) is 0 Å². The molecule has 4 rings (SSSR count). The van der Waals surface area contributed by atoms with Crippen LogP contribution < -0.4 is 0 Å².